The number of nitrogens with zero attached hydrogens (tertiary/aromatic N) is 3. The average molecular weight is 328 g/mol. The van der Waals surface area contributed by atoms with Crippen LogP contribution in [0.1, 0.15) is 43.4 Å². The van der Waals surface area contributed by atoms with Crippen molar-refractivity contribution in [2.45, 2.75) is 51.7 Å². The van der Waals surface area contributed by atoms with Gasteiger partial charge in [-0.25, -0.2) is 9.67 Å². The fourth-order valence-corrected chi connectivity index (χ4v) is 3.27. The number of aromatic nitrogens is 3. The van der Waals surface area contributed by atoms with Crippen LogP contribution >= 0.6 is 0 Å². The normalized spacial score (nSPS) is 19.4. The summed E-state index contributed by atoms with van der Waals surface area (Å²) in [6, 6.07) is 6.49. The van der Waals surface area contributed by atoms with Gasteiger partial charge < -0.3 is 14.8 Å². The topological polar surface area (TPSA) is 61.2 Å². The van der Waals surface area contributed by atoms with Crippen LogP contribution in [-0.4, -0.2) is 34.0 Å². The standard InChI is InChI=1S/C18H24N4O2/c1-12(2)18-20-16-7-6-14(11-22(16)21-18)19-10-13-4-3-5-15-17(13)24-9-8-23-15/h3-5,12,14,19H,6-11H2,1-2H3. The summed E-state index contributed by atoms with van der Waals surface area (Å²) in [5.74, 6) is 4.18. The minimum absolute atomic E-state index is 0.377. The molecule has 0 aliphatic carbocycles. The molecule has 24 heavy (non-hydrogen) atoms. The van der Waals surface area contributed by atoms with Gasteiger partial charge in [0.1, 0.15) is 19.0 Å². The average Bonchev–Trinajstić information content (AvgIpc) is 3.03. The summed E-state index contributed by atoms with van der Waals surface area (Å²) in [7, 11) is 0. The monoisotopic (exact) mass is 328 g/mol. The van der Waals surface area contributed by atoms with E-state index in [1.807, 2.05) is 12.1 Å². The highest BCUT2D eigenvalue weighted by Crippen LogP contribution is 2.33. The third-order valence-corrected chi connectivity index (χ3v) is 4.62. The third kappa shape index (κ3) is 2.98. The van der Waals surface area contributed by atoms with Crippen LogP contribution in [0.2, 0.25) is 0 Å². The lowest BCUT2D eigenvalue weighted by atomic mass is 10.1. The Kier molecular flexibility index (Phi) is 4.14. The number of hydrogen-bond donors (Lipinski definition) is 1. The first kappa shape index (κ1) is 15.4. The molecule has 2 aliphatic heterocycles. The minimum Gasteiger partial charge on any atom is -0.486 e. The summed E-state index contributed by atoms with van der Waals surface area (Å²) in [5, 5.41) is 8.29. The van der Waals surface area contributed by atoms with Crippen molar-refractivity contribution in [3.63, 3.8) is 0 Å². The van der Waals surface area contributed by atoms with Crippen LogP contribution in [0.5, 0.6) is 11.5 Å². The van der Waals surface area contributed by atoms with Crippen molar-refractivity contribution in [1.82, 2.24) is 20.1 Å². The van der Waals surface area contributed by atoms with Crippen LogP contribution in [-0.2, 0) is 19.5 Å². The van der Waals surface area contributed by atoms with Gasteiger partial charge in [-0.05, 0) is 12.5 Å². The Morgan fingerprint density at radius 3 is 3.04 bits per heavy atom. The van der Waals surface area contributed by atoms with Crippen LogP contribution in [0, 0.1) is 0 Å². The Balaban J connectivity index is 1.42. The van der Waals surface area contributed by atoms with Gasteiger partial charge in [0.2, 0.25) is 0 Å². The van der Waals surface area contributed by atoms with Gasteiger partial charge in [-0.15, -0.1) is 0 Å². The van der Waals surface area contributed by atoms with E-state index in [-0.39, 0.29) is 0 Å². The molecule has 1 N–H and O–H groups in total. The highest BCUT2D eigenvalue weighted by molar-refractivity contribution is 5.47. The van der Waals surface area contributed by atoms with Gasteiger partial charge in [-0.3, -0.25) is 0 Å². The third-order valence-electron chi connectivity index (χ3n) is 4.62. The van der Waals surface area contributed by atoms with Crippen LogP contribution in [0.25, 0.3) is 0 Å². The zero-order valence-electron chi connectivity index (χ0n) is 14.3. The molecule has 0 radical (unpaired) electrons. The predicted octanol–water partition coefficient (Wildman–Crippen LogP) is 2.28. The number of ether oxygens (including phenoxy) is 2. The first-order valence-corrected chi connectivity index (χ1v) is 8.75. The second-order valence-electron chi connectivity index (χ2n) is 6.78. The lowest BCUT2D eigenvalue weighted by molar-refractivity contribution is 0.169. The molecule has 2 aliphatic rings. The zero-order valence-corrected chi connectivity index (χ0v) is 14.3. The molecular formula is C18H24N4O2. The molecule has 2 aromatic rings. The molecule has 4 rings (SSSR count). The number of nitrogens with one attached hydrogen (secondary N) is 1. The van der Waals surface area contributed by atoms with Crippen LogP contribution in [0.4, 0.5) is 0 Å². The Bertz CT molecular complexity index is 726. The molecule has 6 heteroatoms. The first-order chi connectivity index (χ1) is 11.7. The van der Waals surface area contributed by atoms with Gasteiger partial charge in [-0.2, -0.15) is 5.10 Å². The maximum absolute atomic E-state index is 5.79. The van der Waals surface area contributed by atoms with Crippen molar-refractivity contribution in [3.05, 3.63) is 35.4 Å². The van der Waals surface area contributed by atoms with Gasteiger partial charge in [0.15, 0.2) is 17.3 Å². The molecule has 3 heterocycles. The van der Waals surface area contributed by atoms with Gasteiger partial charge in [-0.1, -0.05) is 26.0 Å². The number of hydrogen-bond acceptors (Lipinski definition) is 5. The molecule has 1 aromatic carbocycles. The largest absolute Gasteiger partial charge is 0.486 e. The highest BCUT2D eigenvalue weighted by atomic mass is 16.6. The van der Waals surface area contributed by atoms with E-state index in [0.717, 1.165) is 54.6 Å². The van der Waals surface area contributed by atoms with Gasteiger partial charge in [0, 0.05) is 30.5 Å². The molecule has 0 spiro atoms. The lowest BCUT2D eigenvalue weighted by Crippen LogP contribution is -2.37. The summed E-state index contributed by atoms with van der Waals surface area (Å²) in [5.41, 5.74) is 1.15. The van der Waals surface area contributed by atoms with Gasteiger partial charge >= 0.3 is 0 Å². The minimum atomic E-state index is 0.377. The molecule has 6 nitrogen and oxygen atoms in total. The summed E-state index contributed by atoms with van der Waals surface area (Å²) in [6.45, 7) is 7.17. The maximum atomic E-state index is 5.79. The van der Waals surface area contributed by atoms with Crippen molar-refractivity contribution >= 4 is 0 Å². The zero-order chi connectivity index (χ0) is 16.5. The molecular weight excluding hydrogens is 304 g/mol. The van der Waals surface area contributed by atoms with Crippen molar-refractivity contribution < 1.29 is 9.47 Å². The molecule has 1 aromatic heterocycles. The number of fused-ring (bicyclic) bond motifs is 2. The fraction of sp³-hybridized carbons (Fsp3) is 0.556. The molecule has 1 atom stereocenters. The van der Waals surface area contributed by atoms with E-state index in [9.17, 15) is 0 Å². The predicted molar refractivity (Wildman–Crippen MR) is 90.5 cm³/mol. The Morgan fingerprint density at radius 1 is 1.29 bits per heavy atom. The van der Waals surface area contributed by atoms with Crippen molar-refractivity contribution in [3.8, 4) is 11.5 Å². The van der Waals surface area contributed by atoms with Crippen molar-refractivity contribution in [1.29, 1.82) is 0 Å². The molecule has 128 valence electrons. The van der Waals surface area contributed by atoms with Gasteiger partial charge in [0.25, 0.3) is 0 Å². The number of aryl methyl sites for hydroxylation is 1. The maximum Gasteiger partial charge on any atom is 0.165 e. The van der Waals surface area contributed by atoms with E-state index in [4.69, 9.17) is 9.47 Å². The Hall–Kier alpha value is -2.08. The Morgan fingerprint density at radius 2 is 2.17 bits per heavy atom. The van der Waals surface area contributed by atoms with E-state index in [1.54, 1.807) is 0 Å². The number of rotatable bonds is 4. The number of benzene rings is 1. The van der Waals surface area contributed by atoms with E-state index in [2.05, 4.69) is 40.0 Å². The molecule has 1 unspecified atom stereocenters. The van der Waals surface area contributed by atoms with E-state index >= 15 is 0 Å². The summed E-state index contributed by atoms with van der Waals surface area (Å²) in [4.78, 5) is 4.65. The molecule has 0 amide bonds. The second kappa shape index (κ2) is 6.43. The summed E-state index contributed by atoms with van der Waals surface area (Å²) < 4.78 is 13.5. The van der Waals surface area contributed by atoms with Crippen LogP contribution in [0.3, 0.4) is 0 Å². The molecule has 0 fully saturated rings. The Labute approximate surface area is 142 Å². The molecule has 0 saturated carbocycles. The second-order valence-corrected chi connectivity index (χ2v) is 6.78. The molecule has 0 bridgehead atoms. The molecule has 0 saturated heterocycles. The van der Waals surface area contributed by atoms with Crippen LogP contribution in [0.15, 0.2) is 18.2 Å². The van der Waals surface area contributed by atoms with E-state index in [0.29, 0.717) is 25.2 Å². The van der Waals surface area contributed by atoms with Crippen LogP contribution < -0.4 is 14.8 Å². The summed E-state index contributed by atoms with van der Waals surface area (Å²) >= 11 is 0. The smallest absolute Gasteiger partial charge is 0.165 e. The highest BCUT2D eigenvalue weighted by Gasteiger charge is 2.23. The van der Waals surface area contributed by atoms with Gasteiger partial charge in [0.05, 0.1) is 6.54 Å². The number of para-hydroxylation sites is 1. The lowest BCUT2D eigenvalue weighted by Gasteiger charge is -2.25. The van der Waals surface area contributed by atoms with E-state index in [1.165, 1.54) is 0 Å². The fourth-order valence-electron chi connectivity index (χ4n) is 3.27. The first-order valence-electron chi connectivity index (χ1n) is 8.75. The summed E-state index contributed by atoms with van der Waals surface area (Å²) in [6.07, 6.45) is 2.06. The SMILES string of the molecule is CC(C)c1nc2n(n1)CC(NCc1cccc3c1OCCO3)CC2. The quantitative estimate of drug-likeness (QED) is 0.933. The van der Waals surface area contributed by atoms with Crippen molar-refractivity contribution in [2.24, 2.45) is 0 Å². The van der Waals surface area contributed by atoms with E-state index < -0.39 is 0 Å². The van der Waals surface area contributed by atoms with Crippen molar-refractivity contribution in [2.75, 3.05) is 13.2 Å².